The Labute approximate surface area is 166 Å². The summed E-state index contributed by atoms with van der Waals surface area (Å²) in [6.07, 6.45) is 3.36. The number of amides is 2. The van der Waals surface area contributed by atoms with E-state index in [1.807, 2.05) is 9.80 Å². The lowest BCUT2D eigenvalue weighted by Crippen LogP contribution is -2.42. The van der Waals surface area contributed by atoms with Crippen LogP contribution in [0.25, 0.3) is 0 Å². The summed E-state index contributed by atoms with van der Waals surface area (Å²) < 4.78 is 15.9. The summed E-state index contributed by atoms with van der Waals surface area (Å²) in [7, 11) is 3.15. The summed E-state index contributed by atoms with van der Waals surface area (Å²) in [5.74, 6) is 1.68. The van der Waals surface area contributed by atoms with Crippen LogP contribution in [-0.2, 0) is 9.53 Å². The van der Waals surface area contributed by atoms with Gasteiger partial charge in [-0.25, -0.2) is 0 Å². The maximum absolute atomic E-state index is 13.1. The lowest BCUT2D eigenvalue weighted by molar-refractivity contribution is -0.135. The normalized spacial score (nSPS) is 20.0. The Bertz CT molecular complexity index is 687. The fourth-order valence-electron chi connectivity index (χ4n) is 3.94. The molecule has 0 spiro atoms. The molecule has 3 rings (SSSR count). The molecule has 2 aliphatic rings. The molecule has 1 aromatic rings. The third kappa shape index (κ3) is 4.95. The van der Waals surface area contributed by atoms with Gasteiger partial charge >= 0.3 is 0 Å². The van der Waals surface area contributed by atoms with Crippen LogP contribution in [0.15, 0.2) is 18.2 Å². The maximum Gasteiger partial charge on any atom is 0.257 e. The van der Waals surface area contributed by atoms with E-state index in [0.717, 1.165) is 25.8 Å². The topological polar surface area (TPSA) is 68.3 Å². The number of nitrogens with zero attached hydrogens (tertiary/aromatic N) is 2. The molecule has 1 unspecified atom stereocenters. The van der Waals surface area contributed by atoms with Crippen LogP contribution < -0.4 is 9.47 Å². The molecule has 0 saturated carbocycles. The van der Waals surface area contributed by atoms with Crippen LogP contribution in [0.1, 0.15) is 36.0 Å². The van der Waals surface area contributed by atoms with Crippen molar-refractivity contribution in [2.24, 2.45) is 5.92 Å². The number of hydrogen-bond acceptors (Lipinski definition) is 5. The molecule has 0 aliphatic carbocycles. The van der Waals surface area contributed by atoms with E-state index in [1.54, 1.807) is 32.4 Å². The number of hydrogen-bond donors (Lipinski definition) is 0. The van der Waals surface area contributed by atoms with E-state index in [1.165, 1.54) is 0 Å². The first-order chi connectivity index (χ1) is 13.6. The van der Waals surface area contributed by atoms with Gasteiger partial charge in [0.1, 0.15) is 11.5 Å². The fourth-order valence-corrected chi connectivity index (χ4v) is 3.94. The molecule has 0 radical (unpaired) electrons. The summed E-state index contributed by atoms with van der Waals surface area (Å²) >= 11 is 0. The van der Waals surface area contributed by atoms with Crippen LogP contribution in [0.2, 0.25) is 0 Å². The first kappa shape index (κ1) is 20.5. The zero-order valence-electron chi connectivity index (χ0n) is 16.8. The molecule has 2 saturated heterocycles. The van der Waals surface area contributed by atoms with Crippen molar-refractivity contribution < 1.29 is 23.8 Å². The van der Waals surface area contributed by atoms with Gasteiger partial charge in [0, 0.05) is 32.6 Å². The molecule has 7 nitrogen and oxygen atoms in total. The van der Waals surface area contributed by atoms with Gasteiger partial charge in [-0.15, -0.1) is 0 Å². The highest BCUT2D eigenvalue weighted by Gasteiger charge is 2.27. The van der Waals surface area contributed by atoms with E-state index >= 15 is 0 Å². The average molecular weight is 390 g/mol. The average Bonchev–Trinajstić information content (AvgIpc) is 2.77. The van der Waals surface area contributed by atoms with E-state index in [0.29, 0.717) is 62.2 Å². The monoisotopic (exact) mass is 390 g/mol. The lowest BCUT2D eigenvalue weighted by atomic mass is 9.92. The molecule has 1 aromatic carbocycles. The van der Waals surface area contributed by atoms with Gasteiger partial charge in [-0.1, -0.05) is 0 Å². The number of methoxy groups -OCH3 is 2. The second-order valence-corrected chi connectivity index (χ2v) is 7.36. The van der Waals surface area contributed by atoms with Gasteiger partial charge in [0.2, 0.25) is 5.91 Å². The van der Waals surface area contributed by atoms with Gasteiger partial charge < -0.3 is 24.0 Å². The van der Waals surface area contributed by atoms with E-state index in [4.69, 9.17) is 14.2 Å². The molecular weight excluding hydrogens is 360 g/mol. The second kappa shape index (κ2) is 9.78. The summed E-state index contributed by atoms with van der Waals surface area (Å²) in [4.78, 5) is 29.2. The molecule has 7 heteroatoms. The predicted molar refractivity (Wildman–Crippen MR) is 105 cm³/mol. The Morgan fingerprint density at radius 3 is 2.61 bits per heavy atom. The Balaban J connectivity index is 1.58. The fraction of sp³-hybridized carbons (Fsp3) is 0.619. The van der Waals surface area contributed by atoms with Gasteiger partial charge in [-0.2, -0.15) is 0 Å². The van der Waals surface area contributed by atoms with Crippen molar-refractivity contribution in [2.45, 2.75) is 25.7 Å². The molecule has 0 N–H and O–H groups in total. The number of carbonyl (C=O) groups is 2. The van der Waals surface area contributed by atoms with E-state index in [2.05, 4.69) is 0 Å². The van der Waals surface area contributed by atoms with Gasteiger partial charge in [-0.05, 0) is 43.4 Å². The smallest absolute Gasteiger partial charge is 0.257 e. The number of benzene rings is 1. The first-order valence-electron chi connectivity index (χ1n) is 9.99. The Kier molecular flexibility index (Phi) is 7.14. The van der Waals surface area contributed by atoms with Crippen LogP contribution in [0.4, 0.5) is 0 Å². The van der Waals surface area contributed by atoms with Crippen LogP contribution in [0.3, 0.4) is 0 Å². The highest BCUT2D eigenvalue weighted by Crippen LogP contribution is 2.28. The molecule has 154 valence electrons. The van der Waals surface area contributed by atoms with Crippen LogP contribution >= 0.6 is 0 Å². The van der Waals surface area contributed by atoms with Crippen molar-refractivity contribution in [2.75, 3.05) is 53.6 Å². The summed E-state index contributed by atoms with van der Waals surface area (Å²) in [5, 5.41) is 0. The number of carbonyl (C=O) groups excluding carboxylic acids is 2. The minimum Gasteiger partial charge on any atom is -0.497 e. The van der Waals surface area contributed by atoms with E-state index in [9.17, 15) is 9.59 Å². The molecule has 28 heavy (non-hydrogen) atoms. The van der Waals surface area contributed by atoms with E-state index < -0.39 is 0 Å². The molecule has 2 amide bonds. The van der Waals surface area contributed by atoms with Crippen molar-refractivity contribution in [3.05, 3.63) is 23.8 Å². The van der Waals surface area contributed by atoms with Gasteiger partial charge in [0.05, 0.1) is 33.0 Å². The highest BCUT2D eigenvalue weighted by molar-refractivity contribution is 5.97. The Hall–Kier alpha value is -2.28. The van der Waals surface area contributed by atoms with Gasteiger partial charge in [0.15, 0.2) is 0 Å². The Morgan fingerprint density at radius 2 is 1.89 bits per heavy atom. The third-order valence-corrected chi connectivity index (χ3v) is 5.57. The predicted octanol–water partition coefficient (Wildman–Crippen LogP) is 2.20. The zero-order valence-corrected chi connectivity index (χ0v) is 16.8. The van der Waals surface area contributed by atoms with Gasteiger partial charge in [0.25, 0.3) is 5.91 Å². The summed E-state index contributed by atoms with van der Waals surface area (Å²) in [6, 6.07) is 5.27. The zero-order chi connectivity index (χ0) is 19.9. The van der Waals surface area contributed by atoms with Crippen LogP contribution in [0.5, 0.6) is 11.5 Å². The summed E-state index contributed by atoms with van der Waals surface area (Å²) in [5.41, 5.74) is 0.520. The maximum atomic E-state index is 13.1. The minimum atomic E-state index is -0.0417. The quantitative estimate of drug-likeness (QED) is 0.745. The largest absolute Gasteiger partial charge is 0.497 e. The Morgan fingerprint density at radius 1 is 1.11 bits per heavy atom. The van der Waals surface area contributed by atoms with Crippen molar-refractivity contribution in [3.63, 3.8) is 0 Å². The first-order valence-corrected chi connectivity index (χ1v) is 9.99. The van der Waals surface area contributed by atoms with Crippen molar-refractivity contribution in [3.8, 4) is 11.5 Å². The van der Waals surface area contributed by atoms with Crippen molar-refractivity contribution in [1.29, 1.82) is 0 Å². The molecule has 2 aliphatic heterocycles. The number of ether oxygens (including phenoxy) is 3. The SMILES string of the molecule is COc1ccc(OC)c(C(=O)N2CCCC(CCC(=O)N3CCOCC3)C2)c1. The van der Waals surface area contributed by atoms with Crippen LogP contribution in [-0.4, -0.2) is 75.2 Å². The number of likely N-dealkylation sites (tertiary alicyclic amines) is 1. The number of morpholine rings is 1. The third-order valence-electron chi connectivity index (χ3n) is 5.57. The molecule has 1 atom stereocenters. The minimum absolute atomic E-state index is 0.0417. The standard InChI is InChI=1S/C21H30N2O5/c1-26-17-6-7-19(27-2)18(14-17)21(25)23-9-3-4-16(15-23)5-8-20(24)22-10-12-28-13-11-22/h6-7,14,16H,3-5,8-13,15H2,1-2H3. The van der Waals surface area contributed by atoms with Crippen molar-refractivity contribution >= 4 is 11.8 Å². The lowest BCUT2D eigenvalue weighted by Gasteiger charge is -2.34. The van der Waals surface area contributed by atoms with Crippen LogP contribution in [0, 0.1) is 5.92 Å². The molecule has 0 bridgehead atoms. The number of piperidine rings is 1. The van der Waals surface area contributed by atoms with E-state index in [-0.39, 0.29) is 11.8 Å². The van der Waals surface area contributed by atoms with Crippen molar-refractivity contribution in [1.82, 2.24) is 9.80 Å². The number of rotatable bonds is 6. The molecule has 2 heterocycles. The summed E-state index contributed by atoms with van der Waals surface area (Å²) in [6.45, 7) is 4.02. The molecular formula is C21H30N2O5. The van der Waals surface area contributed by atoms with Gasteiger partial charge in [-0.3, -0.25) is 9.59 Å². The molecule has 2 fully saturated rings. The molecule has 0 aromatic heterocycles. The second-order valence-electron chi connectivity index (χ2n) is 7.36. The highest BCUT2D eigenvalue weighted by atomic mass is 16.5.